The number of carbonyl (C=O) groups is 1. The van der Waals surface area contributed by atoms with Crippen molar-refractivity contribution in [2.75, 3.05) is 4.72 Å². The van der Waals surface area contributed by atoms with Gasteiger partial charge in [-0.1, -0.05) is 54.6 Å². The molecule has 1 aliphatic rings. The maximum absolute atomic E-state index is 13.2. The number of hydrogen-bond acceptors (Lipinski definition) is 4. The number of sulfonamides is 1. The number of anilines is 1. The molecule has 1 aliphatic carbocycles. The molecule has 5 rings (SSSR count). The summed E-state index contributed by atoms with van der Waals surface area (Å²) in [5.41, 5.74) is 3.23. The number of hydrogen-bond donors (Lipinski definition) is 2. The Balaban J connectivity index is 1.39. The van der Waals surface area contributed by atoms with Crippen molar-refractivity contribution in [3.05, 3.63) is 102 Å². The first-order valence-corrected chi connectivity index (χ1v) is 12.3. The van der Waals surface area contributed by atoms with E-state index in [1.807, 2.05) is 30.3 Å². The second-order valence-electron chi connectivity index (χ2n) is 8.14. The van der Waals surface area contributed by atoms with Crippen molar-refractivity contribution >= 4 is 32.5 Å². The highest BCUT2D eigenvalue weighted by atomic mass is 32.2. The van der Waals surface area contributed by atoms with E-state index in [9.17, 15) is 13.2 Å². The van der Waals surface area contributed by atoms with Gasteiger partial charge in [-0.2, -0.15) is 0 Å². The zero-order valence-corrected chi connectivity index (χ0v) is 18.7. The molecule has 1 saturated carbocycles. The lowest BCUT2D eigenvalue weighted by Gasteiger charge is -2.14. The molecule has 1 amide bonds. The standard InChI is InChI=1S/C26H23N3O3S/c30-26(28-17-20-7-1-2-10-21(20)18-14-15-18)22-11-3-4-12-23(22)29-33(31,32)24-13-5-8-19-9-6-16-27-25(19)24/h1-13,16,18,29H,14-15,17H2,(H,28,30). The maximum Gasteiger partial charge on any atom is 0.264 e. The van der Waals surface area contributed by atoms with Gasteiger partial charge in [-0.3, -0.25) is 14.5 Å². The van der Waals surface area contributed by atoms with Crippen molar-refractivity contribution in [3.63, 3.8) is 0 Å². The van der Waals surface area contributed by atoms with Crippen LogP contribution in [0.4, 0.5) is 5.69 Å². The summed E-state index contributed by atoms with van der Waals surface area (Å²) >= 11 is 0. The zero-order chi connectivity index (χ0) is 22.8. The summed E-state index contributed by atoms with van der Waals surface area (Å²) in [6.07, 6.45) is 3.92. The van der Waals surface area contributed by atoms with Gasteiger partial charge in [-0.25, -0.2) is 8.42 Å². The molecule has 7 heteroatoms. The number of pyridine rings is 1. The summed E-state index contributed by atoms with van der Waals surface area (Å²) in [6, 6.07) is 23.3. The zero-order valence-electron chi connectivity index (χ0n) is 17.9. The van der Waals surface area contributed by atoms with Crippen LogP contribution >= 0.6 is 0 Å². The molecule has 2 N–H and O–H groups in total. The lowest BCUT2D eigenvalue weighted by atomic mass is 10.0. The molecule has 33 heavy (non-hydrogen) atoms. The number of aromatic nitrogens is 1. The van der Waals surface area contributed by atoms with Crippen molar-refractivity contribution in [1.29, 1.82) is 0 Å². The first kappa shape index (κ1) is 21.2. The van der Waals surface area contributed by atoms with Crippen molar-refractivity contribution in [1.82, 2.24) is 10.3 Å². The van der Waals surface area contributed by atoms with Crippen LogP contribution in [0.5, 0.6) is 0 Å². The Kier molecular flexibility index (Phi) is 5.56. The van der Waals surface area contributed by atoms with Gasteiger partial charge in [0.25, 0.3) is 15.9 Å². The normalized spacial score (nSPS) is 13.6. The van der Waals surface area contributed by atoms with Crippen LogP contribution in [0.2, 0.25) is 0 Å². The van der Waals surface area contributed by atoms with Crippen LogP contribution in [-0.4, -0.2) is 19.3 Å². The molecular formula is C26H23N3O3S. The summed E-state index contributed by atoms with van der Waals surface area (Å²) in [4.78, 5) is 17.3. The van der Waals surface area contributed by atoms with E-state index >= 15 is 0 Å². The van der Waals surface area contributed by atoms with Crippen LogP contribution in [0.1, 0.15) is 40.2 Å². The molecule has 3 aromatic carbocycles. The minimum Gasteiger partial charge on any atom is -0.348 e. The van der Waals surface area contributed by atoms with E-state index in [2.05, 4.69) is 21.1 Å². The van der Waals surface area contributed by atoms with Crippen LogP contribution in [-0.2, 0) is 16.6 Å². The largest absolute Gasteiger partial charge is 0.348 e. The van der Waals surface area contributed by atoms with E-state index in [-0.39, 0.29) is 22.1 Å². The number of fused-ring (bicyclic) bond motifs is 1. The predicted molar refractivity (Wildman–Crippen MR) is 129 cm³/mol. The molecule has 0 saturated heterocycles. The number of carbonyl (C=O) groups excluding carboxylic acids is 1. The number of nitrogens with zero attached hydrogens (tertiary/aromatic N) is 1. The third-order valence-corrected chi connectivity index (χ3v) is 7.21. The van der Waals surface area contributed by atoms with Gasteiger partial charge >= 0.3 is 0 Å². The lowest BCUT2D eigenvalue weighted by molar-refractivity contribution is 0.0951. The van der Waals surface area contributed by atoms with Crippen LogP contribution in [0.25, 0.3) is 10.9 Å². The van der Waals surface area contributed by atoms with Crippen molar-refractivity contribution < 1.29 is 13.2 Å². The van der Waals surface area contributed by atoms with E-state index in [4.69, 9.17) is 0 Å². The topological polar surface area (TPSA) is 88.2 Å². The number of nitrogens with one attached hydrogen (secondary N) is 2. The quantitative estimate of drug-likeness (QED) is 0.416. The molecule has 4 aromatic rings. The Morgan fingerprint density at radius 2 is 1.67 bits per heavy atom. The minimum absolute atomic E-state index is 0.0640. The smallest absolute Gasteiger partial charge is 0.264 e. The van der Waals surface area contributed by atoms with Gasteiger partial charge in [0.1, 0.15) is 4.90 Å². The van der Waals surface area contributed by atoms with Crippen molar-refractivity contribution in [2.45, 2.75) is 30.2 Å². The maximum atomic E-state index is 13.2. The average molecular weight is 458 g/mol. The van der Waals surface area contributed by atoms with Gasteiger partial charge in [0.2, 0.25) is 0 Å². The summed E-state index contributed by atoms with van der Waals surface area (Å²) in [6.45, 7) is 0.389. The van der Waals surface area contributed by atoms with Gasteiger partial charge in [-0.15, -0.1) is 0 Å². The number of rotatable bonds is 7. The van der Waals surface area contributed by atoms with Crippen LogP contribution in [0.3, 0.4) is 0 Å². The molecule has 0 radical (unpaired) electrons. The summed E-state index contributed by atoms with van der Waals surface area (Å²) in [5, 5.41) is 3.67. The van der Waals surface area contributed by atoms with Gasteiger partial charge in [-0.05, 0) is 54.2 Å². The van der Waals surface area contributed by atoms with Gasteiger partial charge in [0, 0.05) is 18.1 Å². The molecule has 1 heterocycles. The molecule has 6 nitrogen and oxygen atoms in total. The molecule has 0 spiro atoms. The number of para-hydroxylation sites is 2. The Bertz CT molecular complexity index is 1440. The van der Waals surface area contributed by atoms with E-state index < -0.39 is 10.0 Å². The average Bonchev–Trinajstić information content (AvgIpc) is 3.68. The Labute approximate surface area is 192 Å². The highest BCUT2D eigenvalue weighted by Crippen LogP contribution is 2.41. The molecule has 1 fully saturated rings. The first-order chi connectivity index (χ1) is 16.0. The highest BCUT2D eigenvalue weighted by molar-refractivity contribution is 7.93. The Hall–Kier alpha value is -3.71. The second-order valence-corrected chi connectivity index (χ2v) is 9.79. The fourth-order valence-corrected chi connectivity index (χ4v) is 5.28. The summed E-state index contributed by atoms with van der Waals surface area (Å²) in [5.74, 6) is 0.237. The summed E-state index contributed by atoms with van der Waals surface area (Å²) in [7, 11) is -3.97. The van der Waals surface area contributed by atoms with E-state index in [0.717, 1.165) is 10.9 Å². The van der Waals surface area contributed by atoms with E-state index in [1.54, 1.807) is 42.6 Å². The lowest BCUT2D eigenvalue weighted by Crippen LogP contribution is -2.25. The fourth-order valence-electron chi connectivity index (χ4n) is 4.02. The third-order valence-electron chi connectivity index (χ3n) is 5.81. The molecule has 0 bridgehead atoms. The van der Waals surface area contributed by atoms with E-state index in [1.165, 1.54) is 24.5 Å². The first-order valence-electron chi connectivity index (χ1n) is 10.8. The van der Waals surface area contributed by atoms with Crippen LogP contribution in [0, 0.1) is 0 Å². The highest BCUT2D eigenvalue weighted by Gasteiger charge is 2.26. The fraction of sp³-hybridized carbons (Fsp3) is 0.154. The second kappa shape index (κ2) is 8.67. The van der Waals surface area contributed by atoms with Crippen LogP contribution < -0.4 is 10.0 Å². The molecule has 1 aromatic heterocycles. The Morgan fingerprint density at radius 1 is 0.909 bits per heavy atom. The Morgan fingerprint density at radius 3 is 2.52 bits per heavy atom. The van der Waals surface area contributed by atoms with Gasteiger partial charge in [0.15, 0.2) is 0 Å². The molecular weight excluding hydrogens is 434 g/mol. The number of amides is 1. The van der Waals surface area contributed by atoms with Gasteiger partial charge in [0.05, 0.1) is 16.8 Å². The predicted octanol–water partition coefficient (Wildman–Crippen LogP) is 4.84. The summed E-state index contributed by atoms with van der Waals surface area (Å²) < 4.78 is 29.0. The molecule has 0 unspecified atom stereocenters. The number of benzene rings is 3. The van der Waals surface area contributed by atoms with E-state index in [0.29, 0.717) is 18.0 Å². The third kappa shape index (κ3) is 4.45. The van der Waals surface area contributed by atoms with Crippen molar-refractivity contribution in [3.8, 4) is 0 Å². The molecule has 0 atom stereocenters. The van der Waals surface area contributed by atoms with Crippen LogP contribution in [0.15, 0.2) is 90.0 Å². The minimum atomic E-state index is -3.97. The monoisotopic (exact) mass is 457 g/mol. The van der Waals surface area contributed by atoms with Crippen molar-refractivity contribution in [2.24, 2.45) is 0 Å². The molecule has 166 valence electrons. The SMILES string of the molecule is O=C(NCc1ccccc1C1CC1)c1ccccc1NS(=O)(=O)c1cccc2cccnc12. The van der Waals surface area contributed by atoms with Gasteiger partial charge < -0.3 is 5.32 Å². The molecule has 0 aliphatic heterocycles.